The van der Waals surface area contributed by atoms with Gasteiger partial charge in [-0.15, -0.1) is 0 Å². The smallest absolute Gasteiger partial charge is 0.167 e. The third kappa shape index (κ3) is 1.89. The van der Waals surface area contributed by atoms with Gasteiger partial charge in [-0.3, -0.25) is 0 Å². The zero-order valence-corrected chi connectivity index (χ0v) is 10.3. The first kappa shape index (κ1) is 11.9. The standard InChI is InChI=1S/C13H17FN2O/c1-13(2,7-15)9-6-16-11-5-10(14)12(17-3)4-8(9)11/h4-6,16H,7,15H2,1-3H3. The quantitative estimate of drug-likeness (QED) is 0.860. The zero-order chi connectivity index (χ0) is 12.6. The van der Waals surface area contributed by atoms with E-state index in [2.05, 4.69) is 18.8 Å². The summed E-state index contributed by atoms with van der Waals surface area (Å²) in [4.78, 5) is 3.07. The monoisotopic (exact) mass is 236 g/mol. The van der Waals surface area contributed by atoms with E-state index in [4.69, 9.17) is 10.5 Å². The first-order chi connectivity index (χ1) is 7.99. The average Bonchev–Trinajstić information content (AvgIpc) is 2.71. The van der Waals surface area contributed by atoms with Gasteiger partial charge in [-0.2, -0.15) is 0 Å². The highest BCUT2D eigenvalue weighted by atomic mass is 19.1. The average molecular weight is 236 g/mol. The minimum absolute atomic E-state index is 0.152. The molecule has 0 spiro atoms. The number of hydrogen-bond donors (Lipinski definition) is 2. The van der Waals surface area contributed by atoms with Crippen molar-refractivity contribution in [3.63, 3.8) is 0 Å². The lowest BCUT2D eigenvalue weighted by molar-refractivity contribution is 0.387. The van der Waals surface area contributed by atoms with Gasteiger partial charge in [-0.05, 0) is 11.6 Å². The number of hydrogen-bond acceptors (Lipinski definition) is 2. The molecule has 17 heavy (non-hydrogen) atoms. The number of nitrogens with one attached hydrogen (secondary N) is 1. The van der Waals surface area contributed by atoms with E-state index >= 15 is 0 Å². The van der Waals surface area contributed by atoms with Crippen molar-refractivity contribution in [1.29, 1.82) is 0 Å². The Balaban J connectivity index is 2.68. The highest BCUT2D eigenvalue weighted by molar-refractivity contribution is 5.85. The third-order valence-corrected chi connectivity index (χ3v) is 3.19. The van der Waals surface area contributed by atoms with Gasteiger partial charge < -0.3 is 15.5 Å². The topological polar surface area (TPSA) is 51.0 Å². The Hall–Kier alpha value is -1.55. The van der Waals surface area contributed by atoms with Crippen LogP contribution in [0.25, 0.3) is 10.9 Å². The second kappa shape index (κ2) is 4.04. The van der Waals surface area contributed by atoms with E-state index in [1.807, 2.05) is 6.20 Å². The van der Waals surface area contributed by atoms with Crippen molar-refractivity contribution in [3.05, 3.63) is 29.7 Å². The van der Waals surface area contributed by atoms with Crippen LogP contribution < -0.4 is 10.5 Å². The molecule has 2 aromatic rings. The van der Waals surface area contributed by atoms with Crippen LogP contribution in [0.2, 0.25) is 0 Å². The SMILES string of the molecule is COc1cc2c(C(C)(C)CN)c[nH]c2cc1F. The normalized spacial score (nSPS) is 12.1. The number of halogens is 1. The predicted octanol–water partition coefficient (Wildman–Crippen LogP) is 2.55. The van der Waals surface area contributed by atoms with E-state index in [-0.39, 0.29) is 17.0 Å². The zero-order valence-electron chi connectivity index (χ0n) is 10.3. The molecule has 3 N–H and O–H groups in total. The molecule has 0 amide bonds. The van der Waals surface area contributed by atoms with Crippen LogP contribution in [0, 0.1) is 5.82 Å². The Kier molecular flexibility index (Phi) is 2.83. The predicted molar refractivity (Wildman–Crippen MR) is 66.9 cm³/mol. The molecule has 2 rings (SSSR count). The van der Waals surface area contributed by atoms with Crippen LogP contribution in [-0.4, -0.2) is 18.6 Å². The first-order valence-electron chi connectivity index (χ1n) is 5.55. The number of aromatic nitrogens is 1. The second-order valence-electron chi connectivity index (χ2n) is 4.82. The van der Waals surface area contributed by atoms with E-state index in [9.17, 15) is 4.39 Å². The number of rotatable bonds is 3. The van der Waals surface area contributed by atoms with Gasteiger partial charge in [-0.25, -0.2) is 4.39 Å². The fourth-order valence-corrected chi connectivity index (χ4v) is 1.95. The minimum atomic E-state index is -0.362. The summed E-state index contributed by atoms with van der Waals surface area (Å²) in [5.74, 6) is -0.106. The van der Waals surface area contributed by atoms with Gasteiger partial charge in [0.05, 0.1) is 7.11 Å². The molecule has 0 unspecified atom stereocenters. The molecule has 0 saturated carbocycles. The lowest BCUT2D eigenvalue weighted by Crippen LogP contribution is -2.27. The summed E-state index contributed by atoms with van der Waals surface area (Å²) in [7, 11) is 1.46. The number of methoxy groups -OCH3 is 1. The van der Waals surface area contributed by atoms with Gasteiger partial charge in [-0.1, -0.05) is 13.8 Å². The maximum absolute atomic E-state index is 13.5. The maximum atomic E-state index is 13.5. The van der Waals surface area contributed by atoms with Crippen molar-refractivity contribution < 1.29 is 9.13 Å². The Bertz CT molecular complexity index is 546. The van der Waals surface area contributed by atoms with Crippen LogP contribution in [0.3, 0.4) is 0 Å². The molecule has 0 aliphatic heterocycles. The summed E-state index contributed by atoms with van der Waals surface area (Å²) < 4.78 is 18.5. The van der Waals surface area contributed by atoms with E-state index in [0.29, 0.717) is 6.54 Å². The van der Waals surface area contributed by atoms with Gasteiger partial charge in [0.25, 0.3) is 0 Å². The van der Waals surface area contributed by atoms with Gasteiger partial charge in [0.1, 0.15) is 0 Å². The summed E-state index contributed by atoms with van der Waals surface area (Å²) in [5.41, 5.74) is 7.46. The summed E-state index contributed by atoms with van der Waals surface area (Å²) >= 11 is 0. The molecular weight excluding hydrogens is 219 g/mol. The summed E-state index contributed by atoms with van der Waals surface area (Å²) in [5, 5.41) is 0.957. The lowest BCUT2D eigenvalue weighted by atomic mass is 9.84. The number of fused-ring (bicyclic) bond motifs is 1. The fourth-order valence-electron chi connectivity index (χ4n) is 1.95. The molecule has 0 radical (unpaired) electrons. The van der Waals surface area contributed by atoms with Crippen LogP contribution >= 0.6 is 0 Å². The van der Waals surface area contributed by atoms with E-state index in [0.717, 1.165) is 16.5 Å². The van der Waals surface area contributed by atoms with Crippen LogP contribution in [-0.2, 0) is 5.41 Å². The van der Waals surface area contributed by atoms with Gasteiger partial charge >= 0.3 is 0 Å². The highest BCUT2D eigenvalue weighted by Gasteiger charge is 2.23. The number of aromatic amines is 1. The first-order valence-corrected chi connectivity index (χ1v) is 5.55. The van der Waals surface area contributed by atoms with Crippen molar-refractivity contribution >= 4 is 10.9 Å². The Labute approximate surface area is 99.8 Å². The molecule has 0 atom stereocenters. The van der Waals surface area contributed by atoms with E-state index in [1.54, 1.807) is 6.07 Å². The van der Waals surface area contributed by atoms with Gasteiger partial charge in [0.2, 0.25) is 0 Å². The van der Waals surface area contributed by atoms with Crippen LogP contribution in [0.5, 0.6) is 5.75 Å². The van der Waals surface area contributed by atoms with Crippen molar-refractivity contribution in [2.75, 3.05) is 13.7 Å². The molecule has 4 heteroatoms. The largest absolute Gasteiger partial charge is 0.494 e. The number of H-pyrrole nitrogens is 1. The van der Waals surface area contributed by atoms with Crippen LogP contribution in [0.15, 0.2) is 18.3 Å². The Morgan fingerprint density at radius 2 is 2.12 bits per heavy atom. The van der Waals surface area contributed by atoms with Gasteiger partial charge in [0, 0.05) is 35.1 Å². The maximum Gasteiger partial charge on any atom is 0.167 e. The highest BCUT2D eigenvalue weighted by Crippen LogP contribution is 2.33. The molecule has 3 nitrogen and oxygen atoms in total. The molecule has 1 heterocycles. The summed E-state index contributed by atoms with van der Waals surface area (Å²) in [6.07, 6.45) is 1.89. The van der Waals surface area contributed by atoms with Gasteiger partial charge in [0.15, 0.2) is 11.6 Å². The minimum Gasteiger partial charge on any atom is -0.494 e. The molecule has 0 aliphatic carbocycles. The van der Waals surface area contributed by atoms with Crippen molar-refractivity contribution in [2.24, 2.45) is 5.73 Å². The fraction of sp³-hybridized carbons (Fsp3) is 0.385. The number of nitrogens with two attached hydrogens (primary N) is 1. The Morgan fingerprint density at radius 3 is 2.71 bits per heavy atom. The number of ether oxygens (including phenoxy) is 1. The molecule has 92 valence electrons. The molecule has 1 aromatic heterocycles. The third-order valence-electron chi connectivity index (χ3n) is 3.19. The molecule has 0 aliphatic rings. The van der Waals surface area contributed by atoms with Crippen molar-refractivity contribution in [3.8, 4) is 5.75 Å². The van der Waals surface area contributed by atoms with Crippen LogP contribution in [0.4, 0.5) is 4.39 Å². The summed E-state index contributed by atoms with van der Waals surface area (Å²) in [6.45, 7) is 4.65. The second-order valence-corrected chi connectivity index (χ2v) is 4.82. The van der Waals surface area contributed by atoms with Crippen molar-refractivity contribution in [2.45, 2.75) is 19.3 Å². The molecule has 0 fully saturated rings. The van der Waals surface area contributed by atoms with E-state index < -0.39 is 0 Å². The number of benzene rings is 1. The van der Waals surface area contributed by atoms with Crippen molar-refractivity contribution in [1.82, 2.24) is 4.98 Å². The molecule has 0 bridgehead atoms. The Morgan fingerprint density at radius 1 is 1.41 bits per heavy atom. The molecule has 0 saturated heterocycles. The molecular formula is C13H17FN2O. The molecule has 1 aromatic carbocycles. The summed E-state index contributed by atoms with van der Waals surface area (Å²) in [6, 6.07) is 3.16. The van der Waals surface area contributed by atoms with Crippen LogP contribution in [0.1, 0.15) is 19.4 Å². The van der Waals surface area contributed by atoms with E-state index in [1.165, 1.54) is 13.2 Å². The lowest BCUT2D eigenvalue weighted by Gasteiger charge is -2.21.